The minimum atomic E-state index is 0.562. The van der Waals surface area contributed by atoms with Gasteiger partial charge in [-0.05, 0) is 99.7 Å². The highest BCUT2D eigenvalue weighted by Crippen LogP contribution is 2.64. The molecule has 22 heavy (non-hydrogen) atoms. The highest BCUT2D eigenvalue weighted by atomic mass is 16.5. The van der Waals surface area contributed by atoms with Gasteiger partial charge in [-0.1, -0.05) is 18.6 Å². The fourth-order valence-corrected chi connectivity index (χ4v) is 7.35. The summed E-state index contributed by atoms with van der Waals surface area (Å²) < 4.78 is 5.68. The Morgan fingerprint density at radius 2 is 1.82 bits per heavy atom. The first-order valence-corrected chi connectivity index (χ1v) is 9.86. The summed E-state index contributed by atoms with van der Waals surface area (Å²) in [7, 11) is 1.92. The Morgan fingerprint density at radius 3 is 2.59 bits per heavy atom. The highest BCUT2D eigenvalue weighted by Gasteiger charge is 2.55. The van der Waals surface area contributed by atoms with Crippen LogP contribution in [0, 0.1) is 35.0 Å². The van der Waals surface area contributed by atoms with Crippen molar-refractivity contribution in [3.05, 3.63) is 11.6 Å². The number of hydrogen-bond acceptors (Lipinski definition) is 1. The summed E-state index contributed by atoms with van der Waals surface area (Å²) in [6, 6.07) is 0. The van der Waals surface area contributed by atoms with Gasteiger partial charge in [0, 0.05) is 7.11 Å². The molecule has 4 saturated carbocycles. The molecule has 0 heterocycles. The van der Waals surface area contributed by atoms with E-state index < -0.39 is 0 Å². The molecule has 124 valence electrons. The smallest absolute Gasteiger partial charge is 0.0574 e. The molecule has 0 bridgehead atoms. The molecule has 0 N–H and O–H groups in total. The molecule has 0 aromatic heterocycles. The number of hydrogen-bond donors (Lipinski definition) is 0. The standard InChI is InChI=1S/C21H34O/c1-4-15-6-10-20-19-8-5-14-13-16(22-3)7-9-17(14)18(19)11-12-21(15,20)2/h4,14,16-20H,5-13H2,1-3H3/b15-4-. The van der Waals surface area contributed by atoms with E-state index in [0.717, 1.165) is 29.6 Å². The van der Waals surface area contributed by atoms with Crippen LogP contribution in [0.3, 0.4) is 0 Å². The van der Waals surface area contributed by atoms with Gasteiger partial charge in [0.2, 0.25) is 0 Å². The second-order valence-electron chi connectivity index (χ2n) is 8.91. The van der Waals surface area contributed by atoms with Gasteiger partial charge in [0.1, 0.15) is 0 Å². The Hall–Kier alpha value is -0.300. The van der Waals surface area contributed by atoms with Gasteiger partial charge >= 0.3 is 0 Å². The van der Waals surface area contributed by atoms with E-state index >= 15 is 0 Å². The van der Waals surface area contributed by atoms with Crippen molar-refractivity contribution in [1.82, 2.24) is 0 Å². The number of fused-ring (bicyclic) bond motifs is 5. The van der Waals surface area contributed by atoms with Crippen LogP contribution in [0.15, 0.2) is 11.6 Å². The number of rotatable bonds is 1. The third-order valence-corrected chi connectivity index (χ3v) is 8.44. The van der Waals surface area contributed by atoms with E-state index in [1.165, 1.54) is 57.8 Å². The summed E-state index contributed by atoms with van der Waals surface area (Å²) in [5.74, 6) is 5.09. The van der Waals surface area contributed by atoms with Crippen LogP contribution in [0.4, 0.5) is 0 Å². The second kappa shape index (κ2) is 5.65. The summed E-state index contributed by atoms with van der Waals surface area (Å²) in [5, 5.41) is 0. The first-order valence-electron chi connectivity index (χ1n) is 9.86. The van der Waals surface area contributed by atoms with Crippen LogP contribution in [0.25, 0.3) is 0 Å². The first kappa shape index (κ1) is 15.2. The average Bonchev–Trinajstić information content (AvgIpc) is 2.90. The molecule has 7 atom stereocenters. The lowest BCUT2D eigenvalue weighted by Crippen LogP contribution is -2.48. The van der Waals surface area contributed by atoms with E-state index in [0.29, 0.717) is 11.5 Å². The lowest BCUT2D eigenvalue weighted by molar-refractivity contribution is -0.0681. The fourth-order valence-electron chi connectivity index (χ4n) is 7.35. The molecule has 0 saturated heterocycles. The van der Waals surface area contributed by atoms with Crippen molar-refractivity contribution in [3.63, 3.8) is 0 Å². The van der Waals surface area contributed by atoms with Crippen molar-refractivity contribution in [2.24, 2.45) is 35.0 Å². The molecule has 4 fully saturated rings. The van der Waals surface area contributed by atoms with E-state index in [-0.39, 0.29) is 0 Å². The molecule has 0 aromatic rings. The van der Waals surface area contributed by atoms with Gasteiger partial charge in [-0.3, -0.25) is 0 Å². The van der Waals surface area contributed by atoms with Crippen molar-refractivity contribution >= 4 is 0 Å². The van der Waals surface area contributed by atoms with Crippen molar-refractivity contribution in [1.29, 1.82) is 0 Å². The Labute approximate surface area is 136 Å². The van der Waals surface area contributed by atoms with Crippen LogP contribution in [0.1, 0.15) is 71.6 Å². The molecule has 1 heteroatoms. The van der Waals surface area contributed by atoms with E-state index in [9.17, 15) is 0 Å². The molecule has 1 nitrogen and oxygen atoms in total. The molecule has 4 aliphatic carbocycles. The zero-order valence-corrected chi connectivity index (χ0v) is 14.8. The predicted molar refractivity (Wildman–Crippen MR) is 91.7 cm³/mol. The van der Waals surface area contributed by atoms with Crippen molar-refractivity contribution in [2.45, 2.75) is 77.7 Å². The first-order chi connectivity index (χ1) is 10.7. The third-order valence-electron chi connectivity index (χ3n) is 8.44. The highest BCUT2D eigenvalue weighted by molar-refractivity contribution is 5.23. The summed E-state index contributed by atoms with van der Waals surface area (Å²) >= 11 is 0. The summed E-state index contributed by atoms with van der Waals surface area (Å²) in [4.78, 5) is 0. The lowest BCUT2D eigenvalue weighted by atomic mass is 9.50. The van der Waals surface area contributed by atoms with Gasteiger partial charge in [-0.25, -0.2) is 0 Å². The van der Waals surface area contributed by atoms with Crippen LogP contribution >= 0.6 is 0 Å². The Kier molecular flexibility index (Phi) is 3.92. The van der Waals surface area contributed by atoms with Crippen LogP contribution in [-0.4, -0.2) is 13.2 Å². The van der Waals surface area contributed by atoms with Gasteiger partial charge < -0.3 is 4.74 Å². The van der Waals surface area contributed by atoms with Crippen molar-refractivity contribution in [3.8, 4) is 0 Å². The van der Waals surface area contributed by atoms with E-state index in [2.05, 4.69) is 19.9 Å². The van der Waals surface area contributed by atoms with E-state index in [1.807, 2.05) is 7.11 Å². The van der Waals surface area contributed by atoms with Crippen molar-refractivity contribution < 1.29 is 4.74 Å². The molecule has 7 unspecified atom stereocenters. The Balaban J connectivity index is 1.54. The molecular weight excluding hydrogens is 268 g/mol. The minimum absolute atomic E-state index is 0.562. The Bertz CT molecular complexity index is 453. The molecule has 4 rings (SSSR count). The third kappa shape index (κ3) is 2.14. The van der Waals surface area contributed by atoms with Gasteiger partial charge in [0.15, 0.2) is 0 Å². The number of ether oxygens (including phenoxy) is 1. The molecule has 0 aromatic carbocycles. The van der Waals surface area contributed by atoms with Crippen molar-refractivity contribution in [2.75, 3.05) is 7.11 Å². The Morgan fingerprint density at radius 1 is 1.00 bits per heavy atom. The summed E-state index contributed by atoms with van der Waals surface area (Å²) in [6.07, 6.45) is 16.0. The maximum atomic E-state index is 5.68. The maximum absolute atomic E-state index is 5.68. The van der Waals surface area contributed by atoms with Crippen LogP contribution in [0.2, 0.25) is 0 Å². The fraction of sp³-hybridized carbons (Fsp3) is 0.905. The summed E-state index contributed by atoms with van der Waals surface area (Å²) in [5.41, 5.74) is 2.35. The van der Waals surface area contributed by atoms with Crippen LogP contribution < -0.4 is 0 Å². The molecule has 0 amide bonds. The normalized spacial score (nSPS) is 53.0. The quantitative estimate of drug-likeness (QED) is 0.573. The number of methoxy groups -OCH3 is 1. The molecule has 0 radical (unpaired) electrons. The molecule has 4 aliphatic rings. The largest absolute Gasteiger partial charge is 0.381 e. The van der Waals surface area contributed by atoms with Gasteiger partial charge in [0.25, 0.3) is 0 Å². The van der Waals surface area contributed by atoms with Gasteiger partial charge in [-0.15, -0.1) is 0 Å². The lowest BCUT2D eigenvalue weighted by Gasteiger charge is -2.55. The van der Waals surface area contributed by atoms with Gasteiger partial charge in [-0.2, -0.15) is 0 Å². The van der Waals surface area contributed by atoms with Crippen LogP contribution in [-0.2, 0) is 4.74 Å². The molecule has 0 aliphatic heterocycles. The second-order valence-corrected chi connectivity index (χ2v) is 8.91. The molecule has 0 spiro atoms. The zero-order chi connectivity index (χ0) is 15.3. The topological polar surface area (TPSA) is 9.23 Å². The van der Waals surface area contributed by atoms with Gasteiger partial charge in [0.05, 0.1) is 6.10 Å². The zero-order valence-electron chi connectivity index (χ0n) is 14.8. The number of allylic oxidation sites excluding steroid dienone is 2. The molecular formula is C21H34O. The minimum Gasteiger partial charge on any atom is -0.381 e. The van der Waals surface area contributed by atoms with E-state index in [4.69, 9.17) is 4.74 Å². The predicted octanol–water partition coefficient (Wildman–Crippen LogP) is 5.60. The SMILES string of the molecule is C/C=C1/CCC2C3CCC4CC(OC)CCC4C3CCC12C. The van der Waals surface area contributed by atoms with Crippen LogP contribution in [0.5, 0.6) is 0 Å². The summed E-state index contributed by atoms with van der Waals surface area (Å²) in [6.45, 7) is 4.88. The average molecular weight is 303 g/mol. The maximum Gasteiger partial charge on any atom is 0.0574 e. The monoisotopic (exact) mass is 302 g/mol. The van der Waals surface area contributed by atoms with E-state index in [1.54, 1.807) is 5.57 Å².